The molecule has 1 N–H and O–H groups in total. The van der Waals surface area contributed by atoms with Crippen LogP contribution in [0.15, 0.2) is 18.2 Å². The molecule has 1 aliphatic carbocycles. The summed E-state index contributed by atoms with van der Waals surface area (Å²) < 4.78 is 37.5. The SMILES string of the molecule is CO[C@@H]1CN(C)C(=O)c2ccc(NS(C)(=O)=O)cc2OC[C@@H](C)N(C(=O)CC2CC2)C[C@H]1C. The molecular weight excluding hydrogens is 446 g/mol. The van der Waals surface area contributed by atoms with Crippen molar-refractivity contribution in [3.8, 4) is 5.75 Å². The van der Waals surface area contributed by atoms with Gasteiger partial charge in [-0.1, -0.05) is 6.92 Å². The van der Waals surface area contributed by atoms with Gasteiger partial charge < -0.3 is 19.3 Å². The Morgan fingerprint density at radius 2 is 1.94 bits per heavy atom. The zero-order valence-electron chi connectivity index (χ0n) is 20.0. The van der Waals surface area contributed by atoms with Crippen LogP contribution in [0.3, 0.4) is 0 Å². The van der Waals surface area contributed by atoms with Crippen LogP contribution < -0.4 is 9.46 Å². The lowest BCUT2D eigenvalue weighted by atomic mass is 10.0. The molecule has 1 aromatic carbocycles. The minimum atomic E-state index is -3.49. The number of likely N-dealkylation sites (N-methyl/N-ethyl adjacent to an activating group) is 1. The summed E-state index contributed by atoms with van der Waals surface area (Å²) in [6.07, 6.45) is 3.53. The third kappa shape index (κ3) is 6.83. The number of nitrogens with one attached hydrogen (secondary N) is 1. The molecule has 1 saturated carbocycles. The summed E-state index contributed by atoms with van der Waals surface area (Å²) in [5.41, 5.74) is 0.624. The number of anilines is 1. The van der Waals surface area contributed by atoms with Crippen LogP contribution in [0.1, 0.15) is 43.5 Å². The number of fused-ring (bicyclic) bond motifs is 1. The lowest BCUT2D eigenvalue weighted by molar-refractivity contribution is -0.135. The summed E-state index contributed by atoms with van der Waals surface area (Å²) in [5, 5.41) is 0. The zero-order chi connectivity index (χ0) is 24.3. The van der Waals surface area contributed by atoms with E-state index in [-0.39, 0.29) is 42.2 Å². The summed E-state index contributed by atoms with van der Waals surface area (Å²) in [4.78, 5) is 29.7. The van der Waals surface area contributed by atoms with Crippen LogP contribution in [0.2, 0.25) is 0 Å². The molecule has 1 aliphatic heterocycles. The first-order chi connectivity index (χ1) is 15.5. The molecule has 3 rings (SSSR count). The van der Waals surface area contributed by atoms with Gasteiger partial charge in [-0.05, 0) is 37.8 Å². The first-order valence-corrected chi connectivity index (χ1v) is 13.2. The van der Waals surface area contributed by atoms with Crippen molar-refractivity contribution in [1.29, 1.82) is 0 Å². The Hall–Kier alpha value is -2.33. The predicted octanol–water partition coefficient (Wildman–Crippen LogP) is 2.19. The molecule has 1 fully saturated rings. The summed E-state index contributed by atoms with van der Waals surface area (Å²) in [5.74, 6) is 0.597. The van der Waals surface area contributed by atoms with Gasteiger partial charge in [0.05, 0.1) is 29.7 Å². The van der Waals surface area contributed by atoms with Crippen molar-refractivity contribution < 1.29 is 27.5 Å². The fourth-order valence-corrected chi connectivity index (χ4v) is 4.64. The van der Waals surface area contributed by atoms with E-state index in [1.165, 1.54) is 12.1 Å². The van der Waals surface area contributed by atoms with Crippen LogP contribution in [0.5, 0.6) is 5.75 Å². The zero-order valence-corrected chi connectivity index (χ0v) is 20.9. The van der Waals surface area contributed by atoms with Gasteiger partial charge in [-0.25, -0.2) is 8.42 Å². The van der Waals surface area contributed by atoms with Gasteiger partial charge >= 0.3 is 0 Å². The lowest BCUT2D eigenvalue weighted by Crippen LogP contribution is -2.48. The molecule has 2 amide bonds. The number of ether oxygens (including phenoxy) is 2. The van der Waals surface area contributed by atoms with Crippen molar-refractivity contribution in [2.75, 3.05) is 44.8 Å². The van der Waals surface area contributed by atoms with Gasteiger partial charge in [0.25, 0.3) is 5.91 Å². The fourth-order valence-electron chi connectivity index (χ4n) is 4.08. The van der Waals surface area contributed by atoms with E-state index < -0.39 is 10.0 Å². The van der Waals surface area contributed by atoms with Crippen LogP contribution in [-0.4, -0.2) is 82.3 Å². The van der Waals surface area contributed by atoms with E-state index in [2.05, 4.69) is 4.72 Å². The molecule has 0 spiro atoms. The molecule has 0 aromatic heterocycles. The smallest absolute Gasteiger partial charge is 0.257 e. The molecule has 10 heteroatoms. The number of amides is 2. The second-order valence-electron chi connectivity index (χ2n) is 9.38. The van der Waals surface area contributed by atoms with Crippen LogP contribution in [0.4, 0.5) is 5.69 Å². The van der Waals surface area contributed by atoms with Gasteiger partial charge in [-0.2, -0.15) is 0 Å². The van der Waals surface area contributed by atoms with E-state index in [0.29, 0.717) is 36.7 Å². The third-order valence-electron chi connectivity index (χ3n) is 6.23. The molecule has 0 unspecified atom stereocenters. The standard InChI is InChI=1S/C23H35N3O6S/c1-15-12-26(22(27)10-17-6-7-17)16(2)14-32-20-11-18(24-33(5,29)30)8-9-19(20)23(28)25(3)13-21(15)31-4/h8-9,11,15-17,21,24H,6-7,10,12-14H2,1-5H3/t15-,16-,21-/m1/s1. The highest BCUT2D eigenvalue weighted by Gasteiger charge is 2.33. The monoisotopic (exact) mass is 481 g/mol. The topological polar surface area (TPSA) is 105 Å². The quantitative estimate of drug-likeness (QED) is 0.691. The maximum Gasteiger partial charge on any atom is 0.257 e. The highest BCUT2D eigenvalue weighted by molar-refractivity contribution is 7.92. The van der Waals surface area contributed by atoms with Gasteiger partial charge in [-0.3, -0.25) is 14.3 Å². The van der Waals surface area contributed by atoms with E-state index in [1.807, 2.05) is 18.7 Å². The van der Waals surface area contributed by atoms with E-state index in [0.717, 1.165) is 19.1 Å². The van der Waals surface area contributed by atoms with Crippen LogP contribution >= 0.6 is 0 Å². The molecule has 3 atom stereocenters. The fraction of sp³-hybridized carbons (Fsp3) is 0.652. The third-order valence-corrected chi connectivity index (χ3v) is 6.84. The minimum absolute atomic E-state index is 0.0103. The summed E-state index contributed by atoms with van der Waals surface area (Å²) in [6, 6.07) is 4.36. The van der Waals surface area contributed by atoms with Gasteiger partial charge in [0.15, 0.2) is 0 Å². The van der Waals surface area contributed by atoms with Gasteiger partial charge in [0.1, 0.15) is 12.4 Å². The van der Waals surface area contributed by atoms with E-state index in [1.54, 1.807) is 25.1 Å². The van der Waals surface area contributed by atoms with E-state index in [9.17, 15) is 18.0 Å². The number of sulfonamides is 1. The molecule has 2 aliphatic rings. The van der Waals surface area contributed by atoms with E-state index in [4.69, 9.17) is 9.47 Å². The molecule has 0 radical (unpaired) electrons. The van der Waals surface area contributed by atoms with Crippen molar-refractivity contribution >= 4 is 27.5 Å². The number of nitrogens with zero attached hydrogens (tertiary/aromatic N) is 2. The maximum absolute atomic E-state index is 13.2. The summed E-state index contributed by atoms with van der Waals surface area (Å²) in [6.45, 7) is 4.97. The Bertz CT molecular complexity index is 978. The molecular formula is C23H35N3O6S. The normalized spacial score (nSPS) is 24.9. The highest BCUT2D eigenvalue weighted by atomic mass is 32.2. The Balaban J connectivity index is 1.95. The average Bonchev–Trinajstić information content (AvgIpc) is 3.55. The largest absolute Gasteiger partial charge is 0.491 e. The van der Waals surface area contributed by atoms with Crippen molar-refractivity contribution in [3.63, 3.8) is 0 Å². The van der Waals surface area contributed by atoms with Crippen molar-refractivity contribution in [2.24, 2.45) is 11.8 Å². The Kier molecular flexibility index (Phi) is 7.89. The minimum Gasteiger partial charge on any atom is -0.491 e. The lowest BCUT2D eigenvalue weighted by Gasteiger charge is -2.36. The molecule has 0 bridgehead atoms. The van der Waals surface area contributed by atoms with Crippen molar-refractivity contribution in [2.45, 2.75) is 45.3 Å². The average molecular weight is 482 g/mol. The van der Waals surface area contributed by atoms with Crippen LogP contribution in [-0.2, 0) is 19.6 Å². The summed E-state index contributed by atoms with van der Waals surface area (Å²) in [7, 11) is -0.183. The molecule has 1 heterocycles. The Morgan fingerprint density at radius 3 is 2.55 bits per heavy atom. The van der Waals surface area contributed by atoms with Crippen LogP contribution in [0, 0.1) is 11.8 Å². The molecule has 0 saturated heterocycles. The first-order valence-electron chi connectivity index (χ1n) is 11.3. The number of hydrogen-bond donors (Lipinski definition) is 1. The molecule has 9 nitrogen and oxygen atoms in total. The number of rotatable bonds is 5. The molecule has 184 valence electrons. The number of benzene rings is 1. The Labute approximate surface area is 196 Å². The summed E-state index contributed by atoms with van der Waals surface area (Å²) >= 11 is 0. The molecule has 1 aromatic rings. The van der Waals surface area contributed by atoms with Gasteiger partial charge in [-0.15, -0.1) is 0 Å². The number of carbonyl (C=O) groups excluding carboxylic acids is 2. The second-order valence-corrected chi connectivity index (χ2v) is 11.1. The van der Waals surface area contributed by atoms with Crippen molar-refractivity contribution in [1.82, 2.24) is 9.80 Å². The molecule has 33 heavy (non-hydrogen) atoms. The number of hydrogen-bond acceptors (Lipinski definition) is 6. The number of methoxy groups -OCH3 is 1. The van der Waals surface area contributed by atoms with Gasteiger partial charge in [0.2, 0.25) is 15.9 Å². The maximum atomic E-state index is 13.2. The second kappa shape index (κ2) is 10.3. The van der Waals surface area contributed by atoms with Crippen molar-refractivity contribution in [3.05, 3.63) is 23.8 Å². The number of carbonyl (C=O) groups is 2. The van der Waals surface area contributed by atoms with Crippen LogP contribution in [0.25, 0.3) is 0 Å². The van der Waals surface area contributed by atoms with E-state index >= 15 is 0 Å². The highest BCUT2D eigenvalue weighted by Crippen LogP contribution is 2.33. The predicted molar refractivity (Wildman–Crippen MR) is 126 cm³/mol. The van der Waals surface area contributed by atoms with Gasteiger partial charge in [0, 0.05) is 45.7 Å². The first kappa shape index (κ1) is 25.3. The Morgan fingerprint density at radius 1 is 1.24 bits per heavy atom.